The van der Waals surface area contributed by atoms with Crippen molar-refractivity contribution in [2.45, 2.75) is 43.6 Å². The second-order valence-corrected chi connectivity index (χ2v) is 7.08. The van der Waals surface area contributed by atoms with E-state index < -0.39 is 30.2 Å². The highest BCUT2D eigenvalue weighted by atomic mass is 35.5. The normalized spacial score (nSPS) is 27.8. The van der Waals surface area contributed by atoms with Crippen molar-refractivity contribution in [2.75, 3.05) is 4.90 Å². The molecular formula is C15H13Cl2F2N5O2. The molecule has 4 rings (SSSR count). The smallest absolute Gasteiger partial charge is 0.404 e. The number of rotatable bonds is 2. The summed E-state index contributed by atoms with van der Waals surface area (Å²) in [5, 5.41) is 10.9. The third-order valence-corrected chi connectivity index (χ3v) is 5.40. The molecule has 26 heavy (non-hydrogen) atoms. The Morgan fingerprint density at radius 1 is 1.35 bits per heavy atom. The first-order valence-electron chi connectivity index (χ1n) is 7.96. The second kappa shape index (κ2) is 6.31. The summed E-state index contributed by atoms with van der Waals surface area (Å²) in [5.41, 5.74) is -0.0828. The van der Waals surface area contributed by atoms with Crippen molar-refractivity contribution in [1.29, 1.82) is 0 Å². The van der Waals surface area contributed by atoms with Gasteiger partial charge in [-0.15, -0.1) is 0 Å². The Morgan fingerprint density at radius 2 is 2.12 bits per heavy atom. The van der Waals surface area contributed by atoms with Gasteiger partial charge < -0.3 is 15.3 Å². The van der Waals surface area contributed by atoms with Gasteiger partial charge in [-0.2, -0.15) is 4.98 Å². The number of piperidine rings is 1. The fourth-order valence-electron chi connectivity index (χ4n) is 3.96. The Bertz CT molecular complexity index is 902. The maximum atomic E-state index is 14.9. The zero-order valence-electron chi connectivity index (χ0n) is 13.2. The first kappa shape index (κ1) is 17.4. The third-order valence-electron chi connectivity index (χ3n) is 4.97. The lowest BCUT2D eigenvalue weighted by atomic mass is 9.95. The number of amides is 1. The monoisotopic (exact) mass is 403 g/mol. The Balaban J connectivity index is 1.79. The maximum Gasteiger partial charge on any atom is 0.404 e. The van der Waals surface area contributed by atoms with Crippen LogP contribution in [0.25, 0.3) is 10.9 Å². The number of alkyl halides is 1. The summed E-state index contributed by atoms with van der Waals surface area (Å²) in [6.45, 7) is 0. The van der Waals surface area contributed by atoms with Crippen molar-refractivity contribution in [3.8, 4) is 0 Å². The molecule has 0 spiro atoms. The van der Waals surface area contributed by atoms with Gasteiger partial charge in [-0.05, 0) is 30.9 Å². The van der Waals surface area contributed by atoms with Gasteiger partial charge in [0.05, 0.1) is 17.5 Å². The van der Waals surface area contributed by atoms with E-state index in [4.69, 9.17) is 28.3 Å². The Kier molecular flexibility index (Phi) is 4.23. The van der Waals surface area contributed by atoms with Crippen LogP contribution in [0.1, 0.15) is 19.3 Å². The molecule has 2 aromatic rings. The highest BCUT2D eigenvalue weighted by molar-refractivity contribution is 6.30. The van der Waals surface area contributed by atoms with Crippen LogP contribution in [-0.4, -0.2) is 50.4 Å². The highest BCUT2D eigenvalue weighted by Gasteiger charge is 2.49. The molecule has 0 unspecified atom stereocenters. The summed E-state index contributed by atoms with van der Waals surface area (Å²) < 4.78 is 29.2. The van der Waals surface area contributed by atoms with Crippen molar-refractivity contribution < 1.29 is 18.7 Å². The van der Waals surface area contributed by atoms with E-state index in [1.54, 1.807) is 4.90 Å². The number of nitrogens with zero attached hydrogens (tertiary/aromatic N) is 4. The molecule has 2 aliphatic heterocycles. The predicted octanol–water partition coefficient (Wildman–Crippen LogP) is 3.19. The SMILES string of the molecule is O=C(O)N[C@H]1C[C@H]2CC[C@@H]([C@@H]1F)N2c1nc(Cl)nc2c(F)c(Cl)ncc12. The number of hydrogen-bond donors (Lipinski definition) is 2. The lowest BCUT2D eigenvalue weighted by Crippen LogP contribution is -2.58. The molecule has 2 bridgehead atoms. The summed E-state index contributed by atoms with van der Waals surface area (Å²) in [6, 6.07) is -1.55. The lowest BCUT2D eigenvalue weighted by molar-refractivity contribution is 0.152. The zero-order chi connectivity index (χ0) is 18.6. The molecule has 0 aromatic carbocycles. The summed E-state index contributed by atoms with van der Waals surface area (Å²) in [6.07, 6.45) is 0.101. The second-order valence-electron chi connectivity index (χ2n) is 6.38. The molecule has 0 radical (unpaired) electrons. The molecule has 2 aromatic heterocycles. The summed E-state index contributed by atoms with van der Waals surface area (Å²) in [7, 11) is 0. The minimum atomic E-state index is -1.43. The molecule has 11 heteroatoms. The molecule has 0 aliphatic carbocycles. The quantitative estimate of drug-likeness (QED) is 0.590. The van der Waals surface area contributed by atoms with E-state index in [-0.39, 0.29) is 39.6 Å². The number of halogens is 4. The van der Waals surface area contributed by atoms with Gasteiger partial charge in [-0.3, -0.25) is 0 Å². The number of nitrogens with one attached hydrogen (secondary N) is 1. The van der Waals surface area contributed by atoms with Crippen LogP contribution in [0.3, 0.4) is 0 Å². The van der Waals surface area contributed by atoms with Gasteiger partial charge in [0, 0.05) is 12.2 Å². The van der Waals surface area contributed by atoms with Gasteiger partial charge in [0.1, 0.15) is 17.5 Å². The standard InChI is InChI=1S/C15H13Cl2F2N5O2/c16-12-10(19)11-6(4-20-12)13(23-14(17)22-11)24-5-1-2-8(24)9(18)7(3-5)21-15(25)26/h4-5,7-9,21H,1-3H2,(H,25,26)/t5-,7+,8+,9-/m1/s1. The minimum absolute atomic E-state index is 0.0828. The number of fused-ring (bicyclic) bond motifs is 3. The molecule has 1 amide bonds. The van der Waals surface area contributed by atoms with Gasteiger partial charge in [0.2, 0.25) is 5.28 Å². The van der Waals surface area contributed by atoms with E-state index in [2.05, 4.69) is 20.3 Å². The average molecular weight is 404 g/mol. The van der Waals surface area contributed by atoms with Gasteiger partial charge >= 0.3 is 6.09 Å². The van der Waals surface area contributed by atoms with Gasteiger partial charge in [0.15, 0.2) is 11.0 Å². The van der Waals surface area contributed by atoms with Gasteiger partial charge in [-0.1, -0.05) is 11.6 Å². The van der Waals surface area contributed by atoms with E-state index in [1.807, 2.05) is 0 Å². The molecule has 2 fully saturated rings. The van der Waals surface area contributed by atoms with Crippen LogP contribution >= 0.6 is 23.2 Å². The molecule has 4 atom stereocenters. The molecule has 0 saturated carbocycles. The summed E-state index contributed by atoms with van der Waals surface area (Å²) in [5.74, 6) is -0.534. The maximum absolute atomic E-state index is 14.9. The Labute approximate surface area is 156 Å². The summed E-state index contributed by atoms with van der Waals surface area (Å²) in [4.78, 5) is 24.5. The van der Waals surface area contributed by atoms with Crippen LogP contribution < -0.4 is 10.2 Å². The van der Waals surface area contributed by atoms with Crippen LogP contribution in [0.4, 0.5) is 19.4 Å². The Morgan fingerprint density at radius 3 is 2.85 bits per heavy atom. The zero-order valence-corrected chi connectivity index (χ0v) is 14.7. The molecule has 138 valence electrons. The van der Waals surface area contributed by atoms with E-state index in [0.29, 0.717) is 12.8 Å². The number of carbonyl (C=O) groups is 1. The molecule has 2 aliphatic rings. The Hall–Kier alpha value is -2.00. The van der Waals surface area contributed by atoms with Crippen LogP contribution in [0.5, 0.6) is 0 Å². The fraction of sp³-hybridized carbons (Fsp3) is 0.467. The van der Waals surface area contributed by atoms with Crippen molar-refractivity contribution >= 4 is 46.0 Å². The molecule has 2 saturated heterocycles. The van der Waals surface area contributed by atoms with Crippen molar-refractivity contribution in [1.82, 2.24) is 20.3 Å². The van der Waals surface area contributed by atoms with Crippen molar-refractivity contribution in [3.63, 3.8) is 0 Å². The number of anilines is 1. The molecule has 4 heterocycles. The topological polar surface area (TPSA) is 91.2 Å². The predicted molar refractivity (Wildman–Crippen MR) is 91.1 cm³/mol. The van der Waals surface area contributed by atoms with Gasteiger partial charge in [-0.25, -0.2) is 23.5 Å². The van der Waals surface area contributed by atoms with E-state index in [0.717, 1.165) is 0 Å². The van der Waals surface area contributed by atoms with E-state index in [1.165, 1.54) is 6.20 Å². The van der Waals surface area contributed by atoms with Crippen LogP contribution in [0, 0.1) is 5.82 Å². The van der Waals surface area contributed by atoms with Gasteiger partial charge in [0.25, 0.3) is 0 Å². The highest BCUT2D eigenvalue weighted by Crippen LogP contribution is 2.42. The first-order chi connectivity index (χ1) is 12.4. The third kappa shape index (κ3) is 2.69. The van der Waals surface area contributed by atoms with E-state index in [9.17, 15) is 13.6 Å². The summed E-state index contributed by atoms with van der Waals surface area (Å²) >= 11 is 11.7. The largest absolute Gasteiger partial charge is 0.465 e. The van der Waals surface area contributed by atoms with E-state index >= 15 is 0 Å². The average Bonchev–Trinajstić information content (AvgIpc) is 2.92. The number of pyridine rings is 1. The minimum Gasteiger partial charge on any atom is -0.465 e. The molecular weight excluding hydrogens is 391 g/mol. The van der Waals surface area contributed by atoms with Crippen LogP contribution in [0.15, 0.2) is 6.20 Å². The first-order valence-corrected chi connectivity index (χ1v) is 8.71. The number of carboxylic acid groups (broad SMARTS) is 1. The lowest BCUT2D eigenvalue weighted by Gasteiger charge is -2.42. The molecule has 7 nitrogen and oxygen atoms in total. The van der Waals surface area contributed by atoms with Crippen molar-refractivity contribution in [2.24, 2.45) is 0 Å². The number of aromatic nitrogens is 3. The van der Waals surface area contributed by atoms with Crippen molar-refractivity contribution in [3.05, 3.63) is 22.5 Å². The van der Waals surface area contributed by atoms with Crippen LogP contribution in [0.2, 0.25) is 10.4 Å². The fourth-order valence-corrected chi connectivity index (χ4v) is 4.27. The van der Waals surface area contributed by atoms with Crippen LogP contribution in [-0.2, 0) is 0 Å². The number of hydrogen-bond acceptors (Lipinski definition) is 5. The molecule has 2 N–H and O–H groups in total.